The summed E-state index contributed by atoms with van der Waals surface area (Å²) in [6, 6.07) is 8.34. The molecule has 0 spiro atoms. The van der Waals surface area contributed by atoms with Crippen LogP contribution in [0.3, 0.4) is 0 Å². The topological polar surface area (TPSA) is 56.0 Å². The molecular weight excluding hydrogens is 236 g/mol. The van der Waals surface area contributed by atoms with E-state index in [9.17, 15) is 4.79 Å². The van der Waals surface area contributed by atoms with E-state index in [1.165, 1.54) is 0 Å². The van der Waals surface area contributed by atoms with Crippen molar-refractivity contribution in [3.8, 4) is 0 Å². The Morgan fingerprint density at radius 3 is 2.95 bits per heavy atom. The highest BCUT2D eigenvalue weighted by Gasteiger charge is 2.27. The predicted molar refractivity (Wildman–Crippen MR) is 75.8 cm³/mol. The number of pyridine rings is 1. The molecule has 0 amide bonds. The summed E-state index contributed by atoms with van der Waals surface area (Å²) in [7, 11) is 0. The van der Waals surface area contributed by atoms with Crippen molar-refractivity contribution < 1.29 is 4.79 Å². The van der Waals surface area contributed by atoms with Crippen molar-refractivity contribution in [1.29, 1.82) is 0 Å². The first-order valence-corrected chi connectivity index (χ1v) is 6.83. The number of Topliss-reactive ketones (excluding diaryl/α,β-unsaturated/α-hetero) is 1. The normalized spacial score (nSPS) is 22.8. The zero-order chi connectivity index (χ0) is 13.2. The number of hydrogen-bond donors (Lipinski definition) is 1. The first kappa shape index (κ1) is 12.3. The number of fused-ring (bicyclic) bond motifs is 1. The van der Waals surface area contributed by atoms with Crippen LogP contribution >= 0.6 is 0 Å². The zero-order valence-corrected chi connectivity index (χ0v) is 10.9. The second-order valence-corrected chi connectivity index (χ2v) is 5.47. The molecular formula is C16H18N2O. The summed E-state index contributed by atoms with van der Waals surface area (Å²) >= 11 is 0. The van der Waals surface area contributed by atoms with Gasteiger partial charge < -0.3 is 5.73 Å². The van der Waals surface area contributed by atoms with Gasteiger partial charge in [0, 0.05) is 36.2 Å². The van der Waals surface area contributed by atoms with E-state index in [1.54, 1.807) is 6.20 Å². The highest BCUT2D eigenvalue weighted by atomic mass is 16.1. The molecule has 19 heavy (non-hydrogen) atoms. The minimum atomic E-state index is 0.170. The van der Waals surface area contributed by atoms with Crippen LogP contribution in [0.4, 0.5) is 0 Å². The van der Waals surface area contributed by atoms with Crippen molar-refractivity contribution in [3.63, 3.8) is 0 Å². The summed E-state index contributed by atoms with van der Waals surface area (Å²) in [4.78, 5) is 16.3. The van der Waals surface area contributed by atoms with E-state index in [0.717, 1.165) is 35.6 Å². The molecule has 3 nitrogen and oxygen atoms in total. The maximum absolute atomic E-state index is 12.2. The Kier molecular flexibility index (Phi) is 3.30. The fourth-order valence-electron chi connectivity index (χ4n) is 2.90. The second kappa shape index (κ2) is 5.10. The number of benzene rings is 1. The molecule has 3 heteroatoms. The average Bonchev–Trinajstić information content (AvgIpc) is 2.85. The minimum absolute atomic E-state index is 0.170. The number of rotatable bonds is 3. The Bertz CT molecular complexity index is 608. The highest BCUT2D eigenvalue weighted by molar-refractivity contribution is 5.86. The lowest BCUT2D eigenvalue weighted by Crippen LogP contribution is -2.19. The van der Waals surface area contributed by atoms with E-state index < -0.39 is 0 Å². The van der Waals surface area contributed by atoms with Crippen molar-refractivity contribution in [2.24, 2.45) is 11.7 Å². The van der Waals surface area contributed by atoms with Gasteiger partial charge in [-0.15, -0.1) is 0 Å². The molecule has 0 bridgehead atoms. The molecule has 2 atom stereocenters. The number of nitrogens with two attached hydrogens (primary N) is 1. The fourth-order valence-corrected chi connectivity index (χ4v) is 2.90. The van der Waals surface area contributed by atoms with Gasteiger partial charge in [0.15, 0.2) is 0 Å². The van der Waals surface area contributed by atoms with E-state index >= 15 is 0 Å². The molecule has 1 aliphatic carbocycles. The largest absolute Gasteiger partial charge is 0.328 e. The Morgan fingerprint density at radius 1 is 1.26 bits per heavy atom. The zero-order valence-electron chi connectivity index (χ0n) is 10.9. The number of ketones is 1. The Balaban J connectivity index is 1.76. The monoisotopic (exact) mass is 254 g/mol. The summed E-state index contributed by atoms with van der Waals surface area (Å²) in [6.45, 7) is 0. The minimum Gasteiger partial charge on any atom is -0.328 e. The van der Waals surface area contributed by atoms with Crippen LogP contribution in [-0.2, 0) is 11.2 Å². The molecule has 1 fully saturated rings. The summed E-state index contributed by atoms with van der Waals surface area (Å²) < 4.78 is 0. The molecule has 2 N–H and O–H groups in total. The summed E-state index contributed by atoms with van der Waals surface area (Å²) in [5, 5.41) is 2.25. The van der Waals surface area contributed by atoms with E-state index in [4.69, 9.17) is 5.73 Å². The number of carbonyl (C=O) groups is 1. The van der Waals surface area contributed by atoms with Gasteiger partial charge in [0.2, 0.25) is 0 Å². The van der Waals surface area contributed by atoms with Crippen LogP contribution < -0.4 is 5.73 Å². The quantitative estimate of drug-likeness (QED) is 0.915. The van der Waals surface area contributed by atoms with Crippen LogP contribution in [-0.4, -0.2) is 16.8 Å². The van der Waals surface area contributed by atoms with Gasteiger partial charge in [0.1, 0.15) is 5.78 Å². The van der Waals surface area contributed by atoms with Crippen molar-refractivity contribution in [2.45, 2.75) is 31.7 Å². The van der Waals surface area contributed by atoms with Gasteiger partial charge in [-0.3, -0.25) is 9.78 Å². The Morgan fingerprint density at radius 2 is 2.16 bits per heavy atom. The summed E-state index contributed by atoms with van der Waals surface area (Å²) in [5.74, 6) is 0.504. The molecule has 0 saturated heterocycles. The molecule has 1 aromatic heterocycles. The Hall–Kier alpha value is -1.74. The molecule has 0 radical (unpaired) electrons. The highest BCUT2D eigenvalue weighted by Crippen LogP contribution is 2.26. The molecule has 1 saturated carbocycles. The average molecular weight is 254 g/mol. The lowest BCUT2D eigenvalue weighted by Gasteiger charge is -2.09. The standard InChI is InChI=1S/C16H18N2O/c17-15-4-3-13(9-15)16(19)8-11-1-2-14-10-18-6-5-12(14)7-11/h1-2,5-7,10,13,15H,3-4,8-9,17H2/t13-,15+/m1/s1. The molecule has 1 aliphatic rings. The summed E-state index contributed by atoms with van der Waals surface area (Å²) in [6.07, 6.45) is 6.95. The van der Waals surface area contributed by atoms with Crippen LogP contribution in [0.25, 0.3) is 10.8 Å². The van der Waals surface area contributed by atoms with Crippen LogP contribution in [0, 0.1) is 5.92 Å². The van der Waals surface area contributed by atoms with Gasteiger partial charge in [-0.1, -0.05) is 18.2 Å². The maximum Gasteiger partial charge on any atom is 0.140 e. The van der Waals surface area contributed by atoms with Crippen LogP contribution in [0.15, 0.2) is 36.7 Å². The summed E-state index contributed by atoms with van der Waals surface area (Å²) in [5.41, 5.74) is 6.96. The third-order valence-electron chi connectivity index (χ3n) is 4.01. The third-order valence-corrected chi connectivity index (χ3v) is 4.01. The molecule has 3 rings (SSSR count). The van der Waals surface area contributed by atoms with Gasteiger partial charge in [-0.05, 0) is 36.3 Å². The van der Waals surface area contributed by atoms with Crippen molar-refractivity contribution in [1.82, 2.24) is 4.98 Å². The van der Waals surface area contributed by atoms with Gasteiger partial charge in [0.05, 0.1) is 0 Å². The maximum atomic E-state index is 12.2. The van der Waals surface area contributed by atoms with Crippen LogP contribution in [0.1, 0.15) is 24.8 Å². The van der Waals surface area contributed by atoms with Gasteiger partial charge >= 0.3 is 0 Å². The predicted octanol–water partition coefficient (Wildman–Crippen LogP) is 2.47. The first-order valence-electron chi connectivity index (χ1n) is 6.83. The second-order valence-electron chi connectivity index (χ2n) is 5.47. The van der Waals surface area contributed by atoms with Crippen molar-refractivity contribution >= 4 is 16.6 Å². The fraction of sp³-hybridized carbons (Fsp3) is 0.375. The number of aromatic nitrogens is 1. The van der Waals surface area contributed by atoms with E-state index in [2.05, 4.69) is 11.1 Å². The molecule has 98 valence electrons. The van der Waals surface area contributed by atoms with Crippen LogP contribution in [0.2, 0.25) is 0 Å². The van der Waals surface area contributed by atoms with Gasteiger partial charge in [-0.25, -0.2) is 0 Å². The van der Waals surface area contributed by atoms with Crippen LogP contribution in [0.5, 0.6) is 0 Å². The molecule has 1 heterocycles. The van der Waals surface area contributed by atoms with Crippen molar-refractivity contribution in [2.75, 3.05) is 0 Å². The third kappa shape index (κ3) is 2.66. The van der Waals surface area contributed by atoms with Crippen molar-refractivity contribution in [3.05, 3.63) is 42.2 Å². The van der Waals surface area contributed by atoms with E-state index in [0.29, 0.717) is 12.2 Å². The molecule has 1 aromatic carbocycles. The van der Waals surface area contributed by atoms with E-state index in [1.807, 2.05) is 24.4 Å². The lowest BCUT2D eigenvalue weighted by atomic mass is 9.95. The number of nitrogens with zero attached hydrogens (tertiary/aromatic N) is 1. The number of hydrogen-bond acceptors (Lipinski definition) is 3. The SMILES string of the molecule is N[C@H]1CC[C@@H](C(=O)Cc2ccc3cnccc3c2)C1. The molecule has 0 unspecified atom stereocenters. The number of carbonyl (C=O) groups excluding carboxylic acids is 1. The smallest absolute Gasteiger partial charge is 0.140 e. The van der Waals surface area contributed by atoms with Gasteiger partial charge in [-0.2, -0.15) is 0 Å². The Labute approximate surface area is 112 Å². The van der Waals surface area contributed by atoms with Gasteiger partial charge in [0.25, 0.3) is 0 Å². The molecule has 2 aromatic rings. The lowest BCUT2D eigenvalue weighted by molar-refractivity contribution is -0.122. The molecule has 0 aliphatic heterocycles. The van der Waals surface area contributed by atoms with E-state index in [-0.39, 0.29) is 12.0 Å². The first-order chi connectivity index (χ1) is 9.22.